The number of benzene rings is 3. The monoisotopic (exact) mass is 484 g/mol. The van der Waals surface area contributed by atoms with E-state index < -0.39 is 21.9 Å². The maximum Gasteiger partial charge on any atom is 0.339 e. The van der Waals surface area contributed by atoms with Crippen LogP contribution in [0.3, 0.4) is 0 Å². The highest BCUT2D eigenvalue weighted by Gasteiger charge is 2.36. The number of sulfonamides is 1. The van der Waals surface area contributed by atoms with Gasteiger partial charge in [0.25, 0.3) is 15.9 Å². The number of amides is 1. The molecule has 3 aromatic rings. The van der Waals surface area contributed by atoms with Gasteiger partial charge in [-0.05, 0) is 73.5 Å². The van der Waals surface area contributed by atoms with E-state index in [-0.39, 0.29) is 16.5 Å². The standard InChI is InChI=1S/C24H21ClN2O5S/c1-15-13-17-14-16(23(28)26-21-6-4-3-5-20(21)24(29)32-2)7-12-22(17)27(15)33(30,31)19-10-8-18(25)9-11-19/h3-12,14-15H,13H2,1-2H3,(H,26,28)/t15-/m1/s1. The zero-order chi connectivity index (χ0) is 23.8. The molecule has 0 fully saturated rings. The smallest absolute Gasteiger partial charge is 0.339 e. The van der Waals surface area contributed by atoms with Crippen LogP contribution >= 0.6 is 11.6 Å². The van der Waals surface area contributed by atoms with Crippen LogP contribution in [0.4, 0.5) is 11.4 Å². The zero-order valence-electron chi connectivity index (χ0n) is 17.9. The molecule has 0 saturated heterocycles. The number of hydrogen-bond acceptors (Lipinski definition) is 5. The van der Waals surface area contributed by atoms with Gasteiger partial charge in [-0.15, -0.1) is 0 Å². The number of nitrogens with zero attached hydrogens (tertiary/aromatic N) is 1. The Labute approximate surface area is 197 Å². The Morgan fingerprint density at radius 3 is 2.45 bits per heavy atom. The number of halogens is 1. The second-order valence-corrected chi connectivity index (χ2v) is 9.89. The molecular weight excluding hydrogens is 464 g/mol. The van der Waals surface area contributed by atoms with Crippen molar-refractivity contribution in [2.75, 3.05) is 16.7 Å². The summed E-state index contributed by atoms with van der Waals surface area (Å²) in [5, 5.41) is 3.18. The molecule has 33 heavy (non-hydrogen) atoms. The number of hydrogen-bond donors (Lipinski definition) is 1. The highest BCUT2D eigenvalue weighted by Crippen LogP contribution is 2.37. The van der Waals surface area contributed by atoms with Crippen molar-refractivity contribution in [1.82, 2.24) is 0 Å². The van der Waals surface area contributed by atoms with Crippen molar-refractivity contribution in [3.8, 4) is 0 Å². The number of para-hydroxylation sites is 1. The van der Waals surface area contributed by atoms with Gasteiger partial charge in [0.05, 0.1) is 28.9 Å². The molecule has 0 radical (unpaired) electrons. The minimum Gasteiger partial charge on any atom is -0.465 e. The van der Waals surface area contributed by atoms with Gasteiger partial charge in [-0.1, -0.05) is 23.7 Å². The molecule has 7 nitrogen and oxygen atoms in total. The molecule has 170 valence electrons. The molecule has 1 N–H and O–H groups in total. The fourth-order valence-electron chi connectivity index (χ4n) is 3.90. The first-order valence-corrected chi connectivity index (χ1v) is 12.0. The van der Waals surface area contributed by atoms with Crippen LogP contribution in [0.15, 0.2) is 71.6 Å². The molecule has 0 spiro atoms. The van der Waals surface area contributed by atoms with Gasteiger partial charge in [0, 0.05) is 16.6 Å². The molecule has 1 aliphatic rings. The quantitative estimate of drug-likeness (QED) is 0.537. The molecule has 9 heteroatoms. The molecule has 3 aromatic carbocycles. The van der Waals surface area contributed by atoms with Crippen LogP contribution in [0.2, 0.25) is 5.02 Å². The summed E-state index contributed by atoms with van der Waals surface area (Å²) in [5.41, 5.74) is 2.20. The van der Waals surface area contributed by atoms with Gasteiger partial charge in [0.1, 0.15) is 0 Å². The van der Waals surface area contributed by atoms with Gasteiger partial charge in [-0.25, -0.2) is 13.2 Å². The Hall–Kier alpha value is -3.36. The molecule has 1 amide bonds. The molecule has 0 saturated carbocycles. The van der Waals surface area contributed by atoms with Gasteiger partial charge in [-0.2, -0.15) is 0 Å². The largest absolute Gasteiger partial charge is 0.465 e. The van der Waals surface area contributed by atoms with Crippen LogP contribution in [0.25, 0.3) is 0 Å². The van der Waals surface area contributed by atoms with Gasteiger partial charge in [0.2, 0.25) is 0 Å². The van der Waals surface area contributed by atoms with Crippen LogP contribution in [-0.4, -0.2) is 33.4 Å². The molecule has 1 atom stereocenters. The summed E-state index contributed by atoms with van der Waals surface area (Å²) < 4.78 is 32.7. The topological polar surface area (TPSA) is 92.8 Å². The van der Waals surface area contributed by atoms with Crippen LogP contribution < -0.4 is 9.62 Å². The van der Waals surface area contributed by atoms with Crippen molar-refractivity contribution in [2.24, 2.45) is 0 Å². The van der Waals surface area contributed by atoms with E-state index in [1.165, 1.54) is 35.7 Å². The molecule has 1 aliphatic heterocycles. The molecule has 0 unspecified atom stereocenters. The summed E-state index contributed by atoms with van der Waals surface area (Å²) in [4.78, 5) is 25.0. The predicted molar refractivity (Wildman–Crippen MR) is 126 cm³/mol. The Kier molecular flexibility index (Phi) is 6.14. The van der Waals surface area contributed by atoms with Gasteiger partial charge in [-0.3, -0.25) is 9.10 Å². The Balaban J connectivity index is 1.63. The number of methoxy groups -OCH3 is 1. The maximum absolute atomic E-state index is 13.3. The highest BCUT2D eigenvalue weighted by molar-refractivity contribution is 7.92. The van der Waals surface area contributed by atoms with Crippen molar-refractivity contribution in [1.29, 1.82) is 0 Å². The van der Waals surface area contributed by atoms with E-state index in [0.717, 1.165) is 5.56 Å². The fraction of sp³-hybridized carbons (Fsp3) is 0.167. The van der Waals surface area contributed by atoms with E-state index in [4.69, 9.17) is 16.3 Å². The zero-order valence-corrected chi connectivity index (χ0v) is 19.5. The van der Waals surface area contributed by atoms with Crippen molar-refractivity contribution in [2.45, 2.75) is 24.3 Å². The van der Waals surface area contributed by atoms with Crippen molar-refractivity contribution < 1.29 is 22.7 Å². The third kappa shape index (κ3) is 4.31. The summed E-state index contributed by atoms with van der Waals surface area (Å²) in [5.74, 6) is -0.974. The molecule has 4 rings (SSSR count). The van der Waals surface area contributed by atoms with Gasteiger partial charge in [0.15, 0.2) is 0 Å². The third-order valence-electron chi connectivity index (χ3n) is 5.45. The molecular formula is C24H21ClN2O5S. The average Bonchev–Trinajstić information content (AvgIpc) is 3.14. The summed E-state index contributed by atoms with van der Waals surface area (Å²) in [6, 6.07) is 17.1. The molecule has 0 bridgehead atoms. The first-order valence-electron chi connectivity index (χ1n) is 10.1. The lowest BCUT2D eigenvalue weighted by Gasteiger charge is -2.24. The average molecular weight is 485 g/mol. The number of fused-ring (bicyclic) bond motifs is 1. The molecule has 1 heterocycles. The van der Waals surface area contributed by atoms with Gasteiger partial charge < -0.3 is 10.1 Å². The van der Waals surface area contributed by atoms with E-state index >= 15 is 0 Å². The van der Waals surface area contributed by atoms with E-state index in [1.54, 1.807) is 42.5 Å². The van der Waals surface area contributed by atoms with Crippen LogP contribution in [0.1, 0.15) is 33.2 Å². The third-order valence-corrected chi connectivity index (χ3v) is 7.64. The second-order valence-electron chi connectivity index (χ2n) is 7.64. The first kappa shape index (κ1) is 22.8. The fourth-order valence-corrected chi connectivity index (χ4v) is 5.72. The molecule has 0 aromatic heterocycles. The number of esters is 1. The lowest BCUT2D eigenvalue weighted by Crippen LogP contribution is -2.35. The van der Waals surface area contributed by atoms with E-state index in [2.05, 4.69) is 5.32 Å². The lowest BCUT2D eigenvalue weighted by molar-refractivity contribution is 0.0602. The highest BCUT2D eigenvalue weighted by atomic mass is 35.5. The predicted octanol–water partition coefficient (Wildman–Crippen LogP) is 4.52. The van der Waals surface area contributed by atoms with E-state index in [9.17, 15) is 18.0 Å². The lowest BCUT2D eigenvalue weighted by atomic mass is 10.1. The normalized spacial score (nSPS) is 15.1. The molecule has 0 aliphatic carbocycles. The summed E-state index contributed by atoms with van der Waals surface area (Å²) >= 11 is 5.90. The number of ether oxygens (including phenoxy) is 1. The number of anilines is 2. The van der Waals surface area contributed by atoms with Crippen LogP contribution in [-0.2, 0) is 21.2 Å². The summed E-state index contributed by atoms with van der Waals surface area (Å²) in [7, 11) is -2.52. The van der Waals surface area contributed by atoms with Crippen LogP contribution in [0.5, 0.6) is 0 Å². The van der Waals surface area contributed by atoms with E-state index in [1.807, 2.05) is 6.92 Å². The van der Waals surface area contributed by atoms with Crippen molar-refractivity contribution in [3.63, 3.8) is 0 Å². The van der Waals surface area contributed by atoms with Crippen molar-refractivity contribution in [3.05, 3.63) is 88.4 Å². The Morgan fingerprint density at radius 1 is 1.06 bits per heavy atom. The van der Waals surface area contributed by atoms with Crippen molar-refractivity contribution >= 4 is 44.9 Å². The SMILES string of the molecule is COC(=O)c1ccccc1NC(=O)c1ccc2c(c1)C[C@@H](C)N2S(=O)(=O)c1ccc(Cl)cc1. The Bertz CT molecular complexity index is 1340. The van der Waals surface area contributed by atoms with E-state index in [0.29, 0.717) is 28.4 Å². The summed E-state index contributed by atoms with van der Waals surface area (Å²) in [6.07, 6.45) is 0.460. The first-order chi connectivity index (χ1) is 15.7. The Morgan fingerprint density at radius 2 is 1.76 bits per heavy atom. The van der Waals surface area contributed by atoms with Crippen LogP contribution in [0, 0.1) is 0 Å². The second kappa shape index (κ2) is 8.88. The minimum atomic E-state index is -3.80. The number of nitrogens with one attached hydrogen (secondary N) is 1. The maximum atomic E-state index is 13.3. The number of carbonyl (C=O) groups is 2. The minimum absolute atomic E-state index is 0.146. The summed E-state index contributed by atoms with van der Waals surface area (Å²) in [6.45, 7) is 1.82. The number of carbonyl (C=O) groups excluding carboxylic acids is 2. The number of rotatable bonds is 5. The van der Waals surface area contributed by atoms with Gasteiger partial charge >= 0.3 is 5.97 Å².